The zero-order chi connectivity index (χ0) is 21.4. The van der Waals surface area contributed by atoms with Crippen LogP contribution in [0.15, 0.2) is 29.2 Å². The van der Waals surface area contributed by atoms with Gasteiger partial charge in [0, 0.05) is 6.54 Å². The molecule has 2 amide bonds. The fraction of sp³-hybridized carbons (Fsp3) is 0.556. The Morgan fingerprint density at radius 3 is 2.32 bits per heavy atom. The average Bonchev–Trinajstić information content (AvgIpc) is 2.56. The maximum Gasteiger partial charge on any atom is 0.408 e. The van der Waals surface area contributed by atoms with Gasteiger partial charge in [0.1, 0.15) is 11.6 Å². The third-order valence-electron chi connectivity index (χ3n) is 3.58. The van der Waals surface area contributed by atoms with Crippen molar-refractivity contribution in [3.63, 3.8) is 0 Å². The molecule has 158 valence electrons. The van der Waals surface area contributed by atoms with Crippen LogP contribution in [0.5, 0.6) is 0 Å². The molecule has 0 spiro atoms. The van der Waals surface area contributed by atoms with Gasteiger partial charge in [-0.05, 0) is 63.3 Å². The van der Waals surface area contributed by atoms with Gasteiger partial charge in [0.15, 0.2) is 0 Å². The maximum atomic E-state index is 12.4. The van der Waals surface area contributed by atoms with E-state index in [0.29, 0.717) is 25.1 Å². The number of carbonyl (C=O) groups is 2. The molecule has 28 heavy (non-hydrogen) atoms. The summed E-state index contributed by atoms with van der Waals surface area (Å²) in [7, 11) is -3.72. The van der Waals surface area contributed by atoms with Crippen molar-refractivity contribution >= 4 is 33.8 Å². The molecule has 0 radical (unpaired) electrons. The predicted molar refractivity (Wildman–Crippen MR) is 111 cm³/mol. The van der Waals surface area contributed by atoms with Crippen LogP contribution in [0.4, 0.5) is 4.79 Å². The Morgan fingerprint density at radius 2 is 1.82 bits per heavy atom. The lowest BCUT2D eigenvalue weighted by Crippen LogP contribution is -2.48. The van der Waals surface area contributed by atoms with Crippen molar-refractivity contribution in [1.29, 1.82) is 0 Å². The maximum absolute atomic E-state index is 12.4. The van der Waals surface area contributed by atoms with E-state index in [1.165, 1.54) is 12.1 Å². The topological polar surface area (TPSA) is 128 Å². The summed E-state index contributed by atoms with van der Waals surface area (Å²) in [5, 5.41) is 10.5. The summed E-state index contributed by atoms with van der Waals surface area (Å²) in [5.41, 5.74) is 0.210. The van der Waals surface area contributed by atoms with E-state index in [1.54, 1.807) is 44.7 Å². The van der Waals surface area contributed by atoms with E-state index in [9.17, 15) is 18.0 Å². The molecule has 0 aliphatic rings. The third kappa shape index (κ3) is 9.43. The van der Waals surface area contributed by atoms with Crippen LogP contribution in [0.1, 0.15) is 32.8 Å². The van der Waals surface area contributed by atoms with Crippen molar-refractivity contribution < 1.29 is 22.7 Å². The molecule has 10 heteroatoms. The number of hydrogen-bond acceptors (Lipinski definition) is 6. The van der Waals surface area contributed by atoms with E-state index >= 15 is 0 Å². The summed E-state index contributed by atoms with van der Waals surface area (Å²) in [4.78, 5) is 24.4. The number of benzene rings is 1. The van der Waals surface area contributed by atoms with Crippen molar-refractivity contribution in [2.45, 2.75) is 50.2 Å². The quantitative estimate of drug-likeness (QED) is 0.545. The SMILES string of the molecule is CSCC[C@@H](NC(=O)OC(C)(C)C)C(=O)NCCc1ccc(S(N)(=O)=O)cc1. The fourth-order valence-electron chi connectivity index (χ4n) is 2.25. The van der Waals surface area contributed by atoms with Crippen LogP contribution in [-0.4, -0.2) is 50.6 Å². The summed E-state index contributed by atoms with van der Waals surface area (Å²) in [6.07, 6.45) is 2.29. The lowest BCUT2D eigenvalue weighted by molar-refractivity contribution is -0.123. The van der Waals surface area contributed by atoms with E-state index < -0.39 is 27.8 Å². The first kappa shape index (κ1) is 24.3. The van der Waals surface area contributed by atoms with E-state index in [4.69, 9.17) is 9.88 Å². The summed E-state index contributed by atoms with van der Waals surface area (Å²) in [6.45, 7) is 5.61. The van der Waals surface area contributed by atoms with Crippen LogP contribution in [0.25, 0.3) is 0 Å². The van der Waals surface area contributed by atoms with Gasteiger partial charge in [-0.2, -0.15) is 11.8 Å². The molecular weight excluding hydrogens is 402 g/mol. The minimum Gasteiger partial charge on any atom is -0.444 e. The minimum absolute atomic E-state index is 0.0407. The Labute approximate surface area is 171 Å². The largest absolute Gasteiger partial charge is 0.444 e. The molecule has 0 saturated carbocycles. The first-order chi connectivity index (χ1) is 12.9. The highest BCUT2D eigenvalue weighted by Crippen LogP contribution is 2.10. The summed E-state index contributed by atoms with van der Waals surface area (Å²) < 4.78 is 27.7. The Kier molecular flexibility index (Phi) is 9.25. The van der Waals surface area contributed by atoms with Crippen molar-refractivity contribution in [3.8, 4) is 0 Å². The molecule has 0 aliphatic heterocycles. The van der Waals surface area contributed by atoms with Crippen LogP contribution in [0, 0.1) is 0 Å². The van der Waals surface area contributed by atoms with Crippen LogP contribution < -0.4 is 15.8 Å². The molecule has 1 rings (SSSR count). The lowest BCUT2D eigenvalue weighted by atomic mass is 10.1. The van der Waals surface area contributed by atoms with Gasteiger partial charge in [-0.15, -0.1) is 0 Å². The molecule has 1 atom stereocenters. The Morgan fingerprint density at radius 1 is 1.21 bits per heavy atom. The fourth-order valence-corrected chi connectivity index (χ4v) is 3.24. The number of nitrogens with one attached hydrogen (secondary N) is 2. The first-order valence-corrected chi connectivity index (χ1v) is 11.7. The molecule has 0 saturated heterocycles. The van der Waals surface area contributed by atoms with E-state index in [-0.39, 0.29) is 10.8 Å². The van der Waals surface area contributed by atoms with Crippen LogP contribution in [0.3, 0.4) is 0 Å². The van der Waals surface area contributed by atoms with Gasteiger partial charge in [0.2, 0.25) is 15.9 Å². The second-order valence-corrected chi connectivity index (χ2v) is 9.76. The number of amides is 2. The molecule has 0 aromatic heterocycles. The Balaban J connectivity index is 2.59. The van der Waals surface area contributed by atoms with Crippen molar-refractivity contribution in [2.24, 2.45) is 5.14 Å². The van der Waals surface area contributed by atoms with Gasteiger partial charge in [0.05, 0.1) is 4.90 Å². The second-order valence-electron chi connectivity index (χ2n) is 7.21. The number of thioether (sulfide) groups is 1. The standard InChI is InChI=1S/C18H29N3O5S2/c1-18(2,3)26-17(23)21-15(10-12-27-4)16(22)20-11-9-13-5-7-14(8-6-13)28(19,24)25/h5-8,15H,9-12H2,1-4H3,(H,20,22)(H,21,23)(H2,19,24,25)/t15-/m1/s1. The molecule has 1 aromatic rings. The first-order valence-electron chi connectivity index (χ1n) is 8.80. The summed E-state index contributed by atoms with van der Waals surface area (Å²) in [5.74, 6) is 0.421. The van der Waals surface area contributed by atoms with Crippen LogP contribution in [0.2, 0.25) is 0 Å². The number of alkyl carbamates (subject to hydrolysis) is 1. The van der Waals surface area contributed by atoms with Crippen LogP contribution in [-0.2, 0) is 26.0 Å². The molecule has 0 fully saturated rings. The van der Waals surface area contributed by atoms with E-state index in [2.05, 4.69) is 10.6 Å². The summed E-state index contributed by atoms with van der Waals surface area (Å²) >= 11 is 1.58. The molecule has 8 nitrogen and oxygen atoms in total. The van der Waals surface area contributed by atoms with Gasteiger partial charge in [-0.1, -0.05) is 12.1 Å². The van der Waals surface area contributed by atoms with Gasteiger partial charge >= 0.3 is 6.09 Å². The van der Waals surface area contributed by atoms with Gasteiger partial charge in [-0.25, -0.2) is 18.4 Å². The highest BCUT2D eigenvalue weighted by atomic mass is 32.2. The van der Waals surface area contributed by atoms with E-state index in [0.717, 1.165) is 5.56 Å². The van der Waals surface area contributed by atoms with Crippen LogP contribution >= 0.6 is 11.8 Å². The number of hydrogen-bond donors (Lipinski definition) is 3. The molecule has 0 aliphatic carbocycles. The highest BCUT2D eigenvalue weighted by Gasteiger charge is 2.23. The summed E-state index contributed by atoms with van der Waals surface area (Å²) in [6, 6.07) is 5.47. The number of rotatable bonds is 9. The Bertz CT molecular complexity index is 758. The number of primary sulfonamides is 1. The molecule has 4 N–H and O–H groups in total. The van der Waals surface area contributed by atoms with Crippen molar-refractivity contribution in [3.05, 3.63) is 29.8 Å². The number of nitrogens with two attached hydrogens (primary N) is 1. The van der Waals surface area contributed by atoms with Gasteiger partial charge in [0.25, 0.3) is 0 Å². The predicted octanol–water partition coefficient (Wildman–Crippen LogP) is 1.64. The zero-order valence-electron chi connectivity index (χ0n) is 16.7. The minimum atomic E-state index is -3.72. The Hall–Kier alpha value is -1.78. The number of ether oxygens (including phenoxy) is 1. The molecule has 0 bridgehead atoms. The number of sulfonamides is 1. The lowest BCUT2D eigenvalue weighted by Gasteiger charge is -2.23. The van der Waals surface area contributed by atoms with Gasteiger partial charge in [-0.3, -0.25) is 4.79 Å². The van der Waals surface area contributed by atoms with E-state index in [1.807, 2.05) is 6.26 Å². The number of carbonyl (C=O) groups excluding carboxylic acids is 2. The average molecular weight is 432 g/mol. The zero-order valence-corrected chi connectivity index (χ0v) is 18.3. The highest BCUT2D eigenvalue weighted by molar-refractivity contribution is 7.98. The van der Waals surface area contributed by atoms with Gasteiger partial charge < -0.3 is 15.4 Å². The second kappa shape index (κ2) is 10.7. The normalized spacial score (nSPS) is 12.9. The molecule has 0 heterocycles. The molecule has 1 aromatic carbocycles. The van der Waals surface area contributed by atoms with Crippen molar-refractivity contribution in [1.82, 2.24) is 10.6 Å². The molecule has 0 unspecified atom stereocenters. The monoisotopic (exact) mass is 431 g/mol. The van der Waals surface area contributed by atoms with Crippen molar-refractivity contribution in [2.75, 3.05) is 18.6 Å². The smallest absolute Gasteiger partial charge is 0.408 e. The third-order valence-corrected chi connectivity index (χ3v) is 5.16. The molecular formula is C18H29N3O5S2.